The number of amides is 1. The summed E-state index contributed by atoms with van der Waals surface area (Å²) >= 11 is 0. The second-order valence-corrected chi connectivity index (χ2v) is 4.12. The Bertz CT molecular complexity index is 618. The highest BCUT2D eigenvalue weighted by Gasteiger charge is 2.14. The van der Waals surface area contributed by atoms with Crippen molar-refractivity contribution in [2.75, 3.05) is 11.1 Å². The van der Waals surface area contributed by atoms with E-state index in [-0.39, 0.29) is 11.4 Å². The number of anilines is 2. The standard InChI is InChI=1S/C14H12F2N2O/c1-8-4-2-3-5-10(8)14(19)18-13-11(16)6-9(15)7-12(13)17/h2-7H,17H2,1H3,(H,18,19). The van der Waals surface area contributed by atoms with E-state index in [1.807, 2.05) is 0 Å². The first kappa shape index (κ1) is 13.0. The second-order valence-electron chi connectivity index (χ2n) is 4.12. The Hall–Kier alpha value is -2.43. The number of nitrogen functional groups attached to an aromatic ring is 1. The first-order valence-electron chi connectivity index (χ1n) is 5.60. The van der Waals surface area contributed by atoms with Gasteiger partial charge in [0.05, 0.1) is 5.69 Å². The second kappa shape index (κ2) is 5.06. The molecule has 0 aromatic heterocycles. The fraction of sp³-hybridized carbons (Fsp3) is 0.0714. The molecular weight excluding hydrogens is 250 g/mol. The van der Waals surface area contributed by atoms with E-state index in [0.717, 1.165) is 11.6 Å². The van der Waals surface area contributed by atoms with Gasteiger partial charge in [-0.25, -0.2) is 8.78 Å². The molecule has 0 bridgehead atoms. The van der Waals surface area contributed by atoms with E-state index in [0.29, 0.717) is 11.6 Å². The van der Waals surface area contributed by atoms with Gasteiger partial charge in [0.2, 0.25) is 0 Å². The van der Waals surface area contributed by atoms with Crippen molar-refractivity contribution in [1.82, 2.24) is 0 Å². The summed E-state index contributed by atoms with van der Waals surface area (Å²) < 4.78 is 26.5. The largest absolute Gasteiger partial charge is 0.397 e. The maximum atomic E-state index is 13.6. The molecule has 0 aliphatic carbocycles. The lowest BCUT2D eigenvalue weighted by Gasteiger charge is -2.10. The number of benzene rings is 2. The summed E-state index contributed by atoms with van der Waals surface area (Å²) in [5.74, 6) is -2.18. The molecule has 2 aromatic carbocycles. The number of halogens is 2. The molecule has 0 saturated heterocycles. The van der Waals surface area contributed by atoms with Crippen molar-refractivity contribution in [3.05, 3.63) is 59.2 Å². The van der Waals surface area contributed by atoms with Crippen molar-refractivity contribution in [2.24, 2.45) is 0 Å². The van der Waals surface area contributed by atoms with Crippen LogP contribution in [0, 0.1) is 18.6 Å². The highest BCUT2D eigenvalue weighted by atomic mass is 19.1. The molecule has 98 valence electrons. The molecule has 0 saturated carbocycles. The molecular formula is C14H12F2N2O. The van der Waals surface area contributed by atoms with Gasteiger partial charge in [-0.05, 0) is 24.6 Å². The molecule has 0 atom stereocenters. The van der Waals surface area contributed by atoms with Crippen molar-refractivity contribution >= 4 is 17.3 Å². The summed E-state index contributed by atoms with van der Waals surface area (Å²) in [6, 6.07) is 8.49. The van der Waals surface area contributed by atoms with Crippen LogP contribution in [0.25, 0.3) is 0 Å². The lowest BCUT2D eigenvalue weighted by Crippen LogP contribution is -2.15. The monoisotopic (exact) mass is 262 g/mol. The highest BCUT2D eigenvalue weighted by molar-refractivity contribution is 6.06. The molecule has 5 heteroatoms. The number of aryl methyl sites for hydroxylation is 1. The molecule has 0 unspecified atom stereocenters. The Morgan fingerprint density at radius 3 is 2.53 bits per heavy atom. The van der Waals surface area contributed by atoms with Gasteiger partial charge in [-0.2, -0.15) is 0 Å². The lowest BCUT2D eigenvalue weighted by atomic mass is 10.1. The number of nitrogens with one attached hydrogen (secondary N) is 1. The Labute approximate surface area is 109 Å². The van der Waals surface area contributed by atoms with Gasteiger partial charge < -0.3 is 11.1 Å². The quantitative estimate of drug-likeness (QED) is 0.817. The number of hydrogen-bond donors (Lipinski definition) is 2. The van der Waals surface area contributed by atoms with Gasteiger partial charge in [-0.3, -0.25) is 4.79 Å². The zero-order valence-corrected chi connectivity index (χ0v) is 10.2. The van der Waals surface area contributed by atoms with Crippen molar-refractivity contribution in [3.63, 3.8) is 0 Å². The SMILES string of the molecule is Cc1ccccc1C(=O)Nc1c(N)cc(F)cc1F. The first-order chi connectivity index (χ1) is 8.99. The van der Waals surface area contributed by atoms with Gasteiger partial charge in [0.15, 0.2) is 5.82 Å². The van der Waals surface area contributed by atoms with Crippen LogP contribution in [0.5, 0.6) is 0 Å². The van der Waals surface area contributed by atoms with Crippen LogP contribution in [-0.4, -0.2) is 5.91 Å². The topological polar surface area (TPSA) is 55.1 Å². The van der Waals surface area contributed by atoms with Crippen LogP contribution < -0.4 is 11.1 Å². The van der Waals surface area contributed by atoms with Crippen molar-refractivity contribution in [2.45, 2.75) is 6.92 Å². The molecule has 0 radical (unpaired) electrons. The van der Waals surface area contributed by atoms with Crippen LogP contribution >= 0.6 is 0 Å². The first-order valence-corrected chi connectivity index (χ1v) is 5.60. The Morgan fingerprint density at radius 2 is 1.89 bits per heavy atom. The van der Waals surface area contributed by atoms with Crippen LogP contribution in [0.15, 0.2) is 36.4 Å². The average Bonchev–Trinajstić information content (AvgIpc) is 2.34. The maximum absolute atomic E-state index is 13.6. The fourth-order valence-electron chi connectivity index (χ4n) is 1.73. The van der Waals surface area contributed by atoms with Crippen molar-refractivity contribution < 1.29 is 13.6 Å². The summed E-state index contributed by atoms with van der Waals surface area (Å²) in [6.07, 6.45) is 0. The number of rotatable bonds is 2. The molecule has 2 rings (SSSR count). The number of hydrogen-bond acceptors (Lipinski definition) is 2. The zero-order valence-electron chi connectivity index (χ0n) is 10.2. The summed E-state index contributed by atoms with van der Waals surface area (Å²) in [5, 5.41) is 2.36. The van der Waals surface area contributed by atoms with Crippen molar-refractivity contribution in [1.29, 1.82) is 0 Å². The number of nitrogens with two attached hydrogens (primary N) is 1. The summed E-state index contributed by atoms with van der Waals surface area (Å²) in [7, 11) is 0. The minimum absolute atomic E-state index is 0.153. The highest BCUT2D eigenvalue weighted by Crippen LogP contribution is 2.24. The molecule has 19 heavy (non-hydrogen) atoms. The lowest BCUT2D eigenvalue weighted by molar-refractivity contribution is 0.102. The van der Waals surface area contributed by atoms with E-state index in [4.69, 9.17) is 5.73 Å². The molecule has 0 aliphatic rings. The van der Waals surface area contributed by atoms with Gasteiger partial charge in [0.25, 0.3) is 5.91 Å². The number of carbonyl (C=O) groups excluding carboxylic acids is 1. The van der Waals surface area contributed by atoms with E-state index in [1.54, 1.807) is 31.2 Å². The Morgan fingerprint density at radius 1 is 1.21 bits per heavy atom. The Balaban J connectivity index is 2.32. The molecule has 0 fully saturated rings. The average molecular weight is 262 g/mol. The molecule has 3 nitrogen and oxygen atoms in total. The van der Waals surface area contributed by atoms with Crippen molar-refractivity contribution in [3.8, 4) is 0 Å². The van der Waals surface area contributed by atoms with E-state index >= 15 is 0 Å². The minimum Gasteiger partial charge on any atom is -0.397 e. The molecule has 0 spiro atoms. The van der Waals surface area contributed by atoms with Gasteiger partial charge in [0, 0.05) is 11.6 Å². The van der Waals surface area contributed by atoms with E-state index < -0.39 is 17.5 Å². The summed E-state index contributed by atoms with van der Waals surface area (Å²) in [6.45, 7) is 1.76. The predicted molar refractivity (Wildman–Crippen MR) is 69.9 cm³/mol. The predicted octanol–water partition coefficient (Wildman–Crippen LogP) is 3.11. The van der Waals surface area contributed by atoms with Crippen LogP contribution in [0.1, 0.15) is 15.9 Å². The normalized spacial score (nSPS) is 10.3. The van der Waals surface area contributed by atoms with Gasteiger partial charge >= 0.3 is 0 Å². The summed E-state index contributed by atoms with van der Waals surface area (Å²) in [4.78, 5) is 12.0. The van der Waals surface area contributed by atoms with Gasteiger partial charge in [-0.1, -0.05) is 18.2 Å². The smallest absolute Gasteiger partial charge is 0.256 e. The van der Waals surface area contributed by atoms with Crippen LogP contribution in [0.2, 0.25) is 0 Å². The molecule has 1 amide bonds. The third-order valence-electron chi connectivity index (χ3n) is 2.71. The van der Waals surface area contributed by atoms with E-state index in [9.17, 15) is 13.6 Å². The molecule has 0 aliphatic heterocycles. The molecule has 0 heterocycles. The molecule has 2 aromatic rings. The maximum Gasteiger partial charge on any atom is 0.256 e. The Kier molecular flexibility index (Phi) is 3.46. The fourth-order valence-corrected chi connectivity index (χ4v) is 1.73. The van der Waals surface area contributed by atoms with E-state index in [1.165, 1.54) is 0 Å². The molecule has 3 N–H and O–H groups in total. The van der Waals surface area contributed by atoms with Gasteiger partial charge in [-0.15, -0.1) is 0 Å². The zero-order chi connectivity index (χ0) is 14.0. The van der Waals surface area contributed by atoms with Crippen LogP contribution in [0.4, 0.5) is 20.2 Å². The van der Waals surface area contributed by atoms with E-state index in [2.05, 4.69) is 5.32 Å². The van der Waals surface area contributed by atoms with Crippen LogP contribution in [0.3, 0.4) is 0 Å². The number of carbonyl (C=O) groups is 1. The third-order valence-corrected chi connectivity index (χ3v) is 2.71. The minimum atomic E-state index is -0.903. The van der Waals surface area contributed by atoms with Crippen LogP contribution in [-0.2, 0) is 0 Å². The summed E-state index contributed by atoms with van der Waals surface area (Å²) in [5.41, 5.74) is 6.28. The van der Waals surface area contributed by atoms with Gasteiger partial charge in [0.1, 0.15) is 11.5 Å². The third kappa shape index (κ3) is 2.70.